The van der Waals surface area contributed by atoms with E-state index in [4.69, 9.17) is 0 Å². The van der Waals surface area contributed by atoms with Crippen molar-refractivity contribution in [2.24, 2.45) is 13.0 Å². The van der Waals surface area contributed by atoms with Crippen LogP contribution in [0.3, 0.4) is 0 Å². The Morgan fingerprint density at radius 3 is 2.77 bits per heavy atom. The monoisotopic (exact) mass is 313 g/mol. The zero-order valence-corrected chi connectivity index (χ0v) is 13.3. The zero-order valence-electron chi connectivity index (χ0n) is 12.5. The first kappa shape index (κ1) is 14.9. The second-order valence-corrected chi connectivity index (χ2v) is 6.46. The molecule has 0 bridgehead atoms. The van der Waals surface area contributed by atoms with Crippen molar-refractivity contribution < 1.29 is 4.79 Å². The van der Waals surface area contributed by atoms with E-state index in [0.717, 1.165) is 35.0 Å². The summed E-state index contributed by atoms with van der Waals surface area (Å²) in [6.07, 6.45) is 10.7. The van der Waals surface area contributed by atoms with E-state index in [1.165, 1.54) is 0 Å². The van der Waals surface area contributed by atoms with Gasteiger partial charge in [-0.15, -0.1) is 0 Å². The number of nitrogens with one attached hydrogen (secondary N) is 1. The summed E-state index contributed by atoms with van der Waals surface area (Å²) in [6, 6.07) is 7.91. The molecule has 3 rings (SSSR count). The maximum absolute atomic E-state index is 12.2. The van der Waals surface area contributed by atoms with Gasteiger partial charge in [0.05, 0.1) is 0 Å². The number of imidazole rings is 1. The van der Waals surface area contributed by atoms with Crippen molar-refractivity contribution in [2.45, 2.75) is 29.3 Å². The molecular weight excluding hydrogens is 294 g/mol. The van der Waals surface area contributed by atoms with Gasteiger partial charge in [-0.1, -0.05) is 23.9 Å². The normalized spacial score (nSPS) is 17.4. The molecule has 1 atom stereocenters. The Balaban J connectivity index is 1.60. The molecule has 2 aromatic rings. The van der Waals surface area contributed by atoms with Gasteiger partial charge in [-0.25, -0.2) is 4.98 Å². The molecule has 0 spiro atoms. The number of aromatic nitrogens is 2. The lowest BCUT2D eigenvalue weighted by molar-refractivity contribution is -0.120. The molecule has 1 aromatic carbocycles. The predicted molar refractivity (Wildman–Crippen MR) is 88.9 cm³/mol. The van der Waals surface area contributed by atoms with Crippen molar-refractivity contribution in [2.75, 3.05) is 5.32 Å². The Kier molecular flexibility index (Phi) is 4.63. The molecule has 1 aliphatic carbocycles. The molecule has 0 saturated carbocycles. The molecule has 1 aromatic heterocycles. The van der Waals surface area contributed by atoms with Crippen molar-refractivity contribution in [1.82, 2.24) is 9.55 Å². The van der Waals surface area contributed by atoms with Gasteiger partial charge in [0.1, 0.15) is 0 Å². The molecule has 1 amide bonds. The van der Waals surface area contributed by atoms with Crippen LogP contribution in [0.1, 0.15) is 19.3 Å². The number of amides is 1. The molecule has 1 unspecified atom stereocenters. The van der Waals surface area contributed by atoms with Gasteiger partial charge in [0, 0.05) is 35.9 Å². The summed E-state index contributed by atoms with van der Waals surface area (Å²) in [6.45, 7) is 0. The van der Waals surface area contributed by atoms with E-state index < -0.39 is 0 Å². The highest BCUT2D eigenvalue weighted by Crippen LogP contribution is 2.27. The largest absolute Gasteiger partial charge is 0.329 e. The van der Waals surface area contributed by atoms with Crippen molar-refractivity contribution in [3.63, 3.8) is 0 Å². The maximum atomic E-state index is 12.2. The first-order valence-electron chi connectivity index (χ1n) is 7.43. The van der Waals surface area contributed by atoms with Crippen molar-refractivity contribution in [3.05, 3.63) is 48.8 Å². The van der Waals surface area contributed by atoms with Gasteiger partial charge < -0.3 is 9.88 Å². The van der Waals surface area contributed by atoms with Gasteiger partial charge in [0.2, 0.25) is 5.91 Å². The Labute approximate surface area is 134 Å². The lowest BCUT2D eigenvalue weighted by Gasteiger charge is -2.17. The van der Waals surface area contributed by atoms with Crippen molar-refractivity contribution in [3.8, 4) is 0 Å². The van der Waals surface area contributed by atoms with E-state index in [0.29, 0.717) is 0 Å². The quantitative estimate of drug-likeness (QED) is 0.872. The number of rotatable bonds is 4. The van der Waals surface area contributed by atoms with Crippen LogP contribution >= 0.6 is 11.8 Å². The number of hydrogen-bond acceptors (Lipinski definition) is 3. The summed E-state index contributed by atoms with van der Waals surface area (Å²) in [5, 5.41) is 3.96. The number of benzene rings is 1. The van der Waals surface area contributed by atoms with E-state index in [1.807, 2.05) is 42.1 Å². The van der Waals surface area contributed by atoms with Gasteiger partial charge in [-0.2, -0.15) is 0 Å². The minimum absolute atomic E-state index is 0.103. The summed E-state index contributed by atoms with van der Waals surface area (Å²) in [5.41, 5.74) is 0.851. The van der Waals surface area contributed by atoms with Gasteiger partial charge >= 0.3 is 0 Å². The summed E-state index contributed by atoms with van der Waals surface area (Å²) in [7, 11) is 1.97. The molecule has 0 aliphatic heterocycles. The smallest absolute Gasteiger partial charge is 0.227 e. The topological polar surface area (TPSA) is 46.9 Å². The van der Waals surface area contributed by atoms with Crippen LogP contribution in [-0.2, 0) is 11.8 Å². The fourth-order valence-electron chi connectivity index (χ4n) is 2.44. The number of aryl methyl sites for hydroxylation is 1. The first-order valence-corrected chi connectivity index (χ1v) is 8.25. The molecule has 0 radical (unpaired) electrons. The fourth-order valence-corrected chi connectivity index (χ4v) is 3.24. The summed E-state index contributed by atoms with van der Waals surface area (Å²) in [4.78, 5) is 17.6. The summed E-state index contributed by atoms with van der Waals surface area (Å²) in [5.74, 6) is 0.223. The second-order valence-electron chi connectivity index (χ2n) is 5.42. The van der Waals surface area contributed by atoms with Crippen LogP contribution < -0.4 is 5.32 Å². The Bertz CT molecular complexity index is 675. The van der Waals surface area contributed by atoms with E-state index in [9.17, 15) is 4.79 Å². The molecular formula is C17H19N3OS. The summed E-state index contributed by atoms with van der Waals surface area (Å²) >= 11 is 1.61. The highest BCUT2D eigenvalue weighted by Gasteiger charge is 2.18. The van der Waals surface area contributed by atoms with Crippen LogP contribution in [0.4, 0.5) is 5.69 Å². The van der Waals surface area contributed by atoms with Crippen LogP contribution in [0.2, 0.25) is 0 Å². The average molecular weight is 313 g/mol. The second kappa shape index (κ2) is 6.83. The minimum Gasteiger partial charge on any atom is -0.329 e. The average Bonchev–Trinajstić information content (AvgIpc) is 2.95. The number of carbonyl (C=O) groups excluding carboxylic acids is 1. The molecule has 0 fully saturated rings. The van der Waals surface area contributed by atoms with Gasteiger partial charge in [0.15, 0.2) is 5.16 Å². The van der Waals surface area contributed by atoms with E-state index in [2.05, 4.69) is 22.5 Å². The van der Waals surface area contributed by atoms with Crippen LogP contribution in [0, 0.1) is 5.92 Å². The standard InChI is InChI=1S/C17H19N3OS/c1-20-12-11-18-17(20)22-15-9-7-14(8-10-15)19-16(21)13-5-3-2-4-6-13/h2-3,7-13H,4-6H2,1H3,(H,19,21). The minimum atomic E-state index is 0.103. The molecule has 0 saturated heterocycles. The number of hydrogen-bond donors (Lipinski definition) is 1. The summed E-state index contributed by atoms with van der Waals surface area (Å²) < 4.78 is 1.98. The fraction of sp³-hybridized carbons (Fsp3) is 0.294. The van der Waals surface area contributed by atoms with Crippen LogP contribution in [0.5, 0.6) is 0 Å². The molecule has 1 aliphatic rings. The van der Waals surface area contributed by atoms with Gasteiger partial charge in [0.25, 0.3) is 0 Å². The maximum Gasteiger partial charge on any atom is 0.227 e. The zero-order chi connectivity index (χ0) is 15.4. The molecule has 114 valence electrons. The van der Waals surface area contributed by atoms with Gasteiger partial charge in [-0.05, 0) is 43.5 Å². The molecule has 1 N–H and O–H groups in total. The number of allylic oxidation sites excluding steroid dienone is 2. The predicted octanol–water partition coefficient (Wildman–Crippen LogP) is 3.87. The number of carbonyl (C=O) groups is 1. The van der Waals surface area contributed by atoms with E-state index >= 15 is 0 Å². The third-order valence-electron chi connectivity index (χ3n) is 3.75. The third-order valence-corrected chi connectivity index (χ3v) is 4.83. The lowest BCUT2D eigenvalue weighted by atomic mass is 9.93. The Morgan fingerprint density at radius 1 is 1.32 bits per heavy atom. The van der Waals surface area contributed by atoms with Gasteiger partial charge in [-0.3, -0.25) is 4.79 Å². The van der Waals surface area contributed by atoms with Crippen LogP contribution in [0.25, 0.3) is 0 Å². The Hall–Kier alpha value is -2.01. The lowest BCUT2D eigenvalue weighted by Crippen LogP contribution is -2.23. The highest BCUT2D eigenvalue weighted by atomic mass is 32.2. The SMILES string of the molecule is Cn1ccnc1Sc1ccc(NC(=O)C2CC=CCC2)cc1. The van der Waals surface area contributed by atoms with Crippen molar-refractivity contribution in [1.29, 1.82) is 0 Å². The van der Waals surface area contributed by atoms with E-state index in [1.54, 1.807) is 18.0 Å². The Morgan fingerprint density at radius 2 is 2.14 bits per heavy atom. The molecule has 5 heteroatoms. The molecule has 4 nitrogen and oxygen atoms in total. The van der Waals surface area contributed by atoms with Crippen LogP contribution in [-0.4, -0.2) is 15.5 Å². The molecule has 1 heterocycles. The number of nitrogens with zero attached hydrogens (tertiary/aromatic N) is 2. The number of anilines is 1. The third kappa shape index (κ3) is 3.60. The van der Waals surface area contributed by atoms with Crippen LogP contribution in [0.15, 0.2) is 58.9 Å². The first-order chi connectivity index (χ1) is 10.7. The molecule has 22 heavy (non-hydrogen) atoms. The van der Waals surface area contributed by atoms with Crippen molar-refractivity contribution >= 4 is 23.4 Å². The highest BCUT2D eigenvalue weighted by molar-refractivity contribution is 7.99. The van der Waals surface area contributed by atoms with E-state index in [-0.39, 0.29) is 11.8 Å².